The lowest BCUT2D eigenvalue weighted by molar-refractivity contribution is -0.177. The number of cyclic esters (lactones) is 1. The van der Waals surface area contributed by atoms with E-state index in [1.807, 2.05) is 171 Å². The van der Waals surface area contributed by atoms with Crippen molar-refractivity contribution in [1.29, 1.82) is 0 Å². The molecular formula is C62H54N6O7S. The van der Waals surface area contributed by atoms with Crippen molar-refractivity contribution in [2.45, 2.75) is 49.2 Å². The van der Waals surface area contributed by atoms with Crippen LogP contribution in [0, 0.1) is 17.8 Å². The highest BCUT2D eigenvalue weighted by Crippen LogP contribution is 2.66. The van der Waals surface area contributed by atoms with Crippen molar-refractivity contribution in [3.63, 3.8) is 0 Å². The number of benzene rings is 7. The van der Waals surface area contributed by atoms with Crippen molar-refractivity contribution in [3.05, 3.63) is 227 Å². The summed E-state index contributed by atoms with van der Waals surface area (Å²) in [4.78, 5) is 74.0. The van der Waals surface area contributed by atoms with Crippen LogP contribution in [0.3, 0.4) is 0 Å². The number of nitrogens with one attached hydrogen (secondary N) is 2. The molecule has 11 rings (SSSR count). The number of esters is 1. The van der Waals surface area contributed by atoms with Crippen LogP contribution < -0.4 is 20.3 Å². The van der Waals surface area contributed by atoms with E-state index in [0.29, 0.717) is 46.6 Å². The van der Waals surface area contributed by atoms with Gasteiger partial charge >= 0.3 is 12.0 Å². The van der Waals surface area contributed by atoms with Crippen LogP contribution in [-0.4, -0.2) is 76.6 Å². The van der Waals surface area contributed by atoms with Crippen molar-refractivity contribution in [1.82, 2.24) is 20.1 Å². The van der Waals surface area contributed by atoms with Gasteiger partial charge in [-0.05, 0) is 89.8 Å². The van der Waals surface area contributed by atoms with Crippen LogP contribution >= 0.6 is 11.3 Å². The largest absolute Gasteiger partial charge is 0.491 e. The predicted octanol–water partition coefficient (Wildman–Crippen LogP) is 9.93. The number of aliphatic hydroxyl groups is 1. The number of nitrogens with zero attached hydrogens (tertiary/aromatic N) is 4. The molecule has 0 radical (unpaired) electrons. The molecule has 7 aromatic carbocycles. The Morgan fingerprint density at radius 1 is 0.803 bits per heavy atom. The van der Waals surface area contributed by atoms with Crippen molar-refractivity contribution < 1.29 is 33.8 Å². The first kappa shape index (κ1) is 49.7. The SMILES string of the molecule is C[C@@H](NC(=O)N1C(=O)[C@@]2(c3cc(C#CCN(C)Cc4ccccc4)ccc31)[C@H](c1ccc(OCCO)cc1)N1[C@H](c3ccccc3)[C@H](c3ccccc3)OC(=O)[C@H]1[C@@H]2C(=O)Nc1nc2ccccc2s1)c1ccccc1. The van der Waals surface area contributed by atoms with Crippen molar-refractivity contribution in [2.75, 3.05) is 37.0 Å². The zero-order valence-electron chi connectivity index (χ0n) is 41.8. The number of para-hydroxylation sites is 1. The highest BCUT2D eigenvalue weighted by molar-refractivity contribution is 7.22. The molecule has 4 amide bonds. The van der Waals surface area contributed by atoms with Crippen LogP contribution in [0.1, 0.15) is 70.1 Å². The molecule has 0 bridgehead atoms. The Morgan fingerprint density at radius 2 is 1.46 bits per heavy atom. The highest BCUT2D eigenvalue weighted by Gasteiger charge is 2.75. The van der Waals surface area contributed by atoms with E-state index in [9.17, 15) is 5.11 Å². The van der Waals surface area contributed by atoms with Crippen LogP contribution in [-0.2, 0) is 31.1 Å². The number of thiazole rings is 1. The Bertz CT molecular complexity index is 3450. The molecule has 14 heteroatoms. The second-order valence-corrected chi connectivity index (χ2v) is 20.3. The summed E-state index contributed by atoms with van der Waals surface area (Å²) >= 11 is 1.27. The number of hydrogen-bond acceptors (Lipinski definition) is 11. The molecule has 76 heavy (non-hydrogen) atoms. The molecule has 3 N–H and O–H groups in total. The number of imide groups is 1. The molecule has 1 aromatic heterocycles. The van der Waals surface area contributed by atoms with Crippen LogP contribution in [0.2, 0.25) is 0 Å². The van der Waals surface area contributed by atoms with Crippen LogP contribution in [0.25, 0.3) is 10.2 Å². The summed E-state index contributed by atoms with van der Waals surface area (Å²) in [7, 11) is 1.99. The number of urea groups is 1. The lowest BCUT2D eigenvalue weighted by Gasteiger charge is -2.46. The van der Waals surface area contributed by atoms with Gasteiger partial charge in [-0.15, -0.1) is 0 Å². The molecule has 2 saturated heterocycles. The number of hydrogen-bond donors (Lipinski definition) is 3. The fourth-order valence-electron chi connectivity index (χ4n) is 11.3. The molecule has 0 saturated carbocycles. The zero-order chi connectivity index (χ0) is 52.3. The summed E-state index contributed by atoms with van der Waals surface area (Å²) in [5.41, 5.74) is 3.70. The minimum absolute atomic E-state index is 0.0405. The second kappa shape index (κ2) is 21.4. The number of amides is 4. The van der Waals surface area contributed by atoms with Gasteiger partial charge in [0.2, 0.25) is 11.8 Å². The first-order valence-electron chi connectivity index (χ1n) is 25.3. The molecule has 13 nitrogen and oxygen atoms in total. The molecule has 3 aliphatic rings. The normalized spacial score (nSPS) is 21.1. The van der Waals surface area contributed by atoms with Gasteiger partial charge in [0.25, 0.3) is 0 Å². The lowest BCUT2D eigenvalue weighted by Crippen LogP contribution is -2.55. The van der Waals surface area contributed by atoms with Crippen molar-refractivity contribution in [2.24, 2.45) is 5.92 Å². The first-order valence-corrected chi connectivity index (χ1v) is 26.1. The number of morpholine rings is 1. The number of rotatable bonds is 13. The third-order valence-corrected chi connectivity index (χ3v) is 15.5. The third-order valence-electron chi connectivity index (χ3n) is 14.5. The van der Waals surface area contributed by atoms with Gasteiger partial charge in [-0.3, -0.25) is 24.2 Å². The van der Waals surface area contributed by atoms with Gasteiger partial charge in [0, 0.05) is 12.1 Å². The standard InChI is InChI=1S/C62H54N6O7S/c1-40(43-21-9-4-10-22-43)63-61(73)67-50-34-29-41(20-17-35-66(2)39-42-18-7-3-8-19-42)38-48(50)62(59(67)72)52(57(70)65-60-64-49-27-15-16-28-51(49)76-60)54-58(71)75-55(45-25-13-6-14-26-45)53(44-23-11-5-12-24-44)68(54)56(62)46-30-32-47(33-31-46)74-37-36-69/h3-16,18-19,21-34,38,40,52-56,69H,35-37,39H2,1-2H3,(H,63,73)(H,64,65,70)/t40-,52-,53-,54-,55+,56+,62-/m1/s1. The third kappa shape index (κ3) is 9.28. The number of fused-ring (bicyclic) bond motifs is 4. The molecule has 7 atom stereocenters. The van der Waals surface area contributed by atoms with Gasteiger partial charge in [-0.1, -0.05) is 169 Å². The van der Waals surface area contributed by atoms with Gasteiger partial charge in [0.05, 0.1) is 53.1 Å². The van der Waals surface area contributed by atoms with E-state index in [0.717, 1.165) is 26.3 Å². The maximum atomic E-state index is 16.9. The highest BCUT2D eigenvalue weighted by atomic mass is 32.1. The molecule has 0 unspecified atom stereocenters. The minimum atomic E-state index is -2.04. The van der Waals surface area contributed by atoms with E-state index in [2.05, 4.69) is 39.5 Å². The van der Waals surface area contributed by atoms with E-state index in [1.54, 1.807) is 24.3 Å². The number of aromatic nitrogens is 1. The Kier molecular flexibility index (Phi) is 14.0. The zero-order valence-corrected chi connectivity index (χ0v) is 42.6. The smallest absolute Gasteiger partial charge is 0.329 e. The monoisotopic (exact) mass is 1030 g/mol. The average Bonchev–Trinajstić information content (AvgIpc) is 4.10. The molecule has 4 heterocycles. The quantitative estimate of drug-likeness (QED) is 0.0752. The Balaban J connectivity index is 1.15. The number of carbonyl (C=O) groups excluding carboxylic acids is 4. The Morgan fingerprint density at radius 3 is 2.16 bits per heavy atom. The number of aliphatic hydroxyl groups excluding tert-OH is 1. The van der Waals surface area contributed by atoms with Gasteiger partial charge in [-0.25, -0.2) is 14.7 Å². The van der Waals surface area contributed by atoms with E-state index in [4.69, 9.17) is 14.5 Å². The van der Waals surface area contributed by atoms with Gasteiger partial charge in [0.1, 0.15) is 29.9 Å². The number of ether oxygens (including phenoxy) is 2. The van der Waals surface area contributed by atoms with E-state index < -0.39 is 65.4 Å². The predicted molar refractivity (Wildman–Crippen MR) is 292 cm³/mol. The maximum absolute atomic E-state index is 16.9. The molecule has 8 aromatic rings. The molecule has 1 spiro atoms. The molecule has 380 valence electrons. The Hall–Kier alpha value is -8.45. The van der Waals surface area contributed by atoms with Crippen LogP contribution in [0.15, 0.2) is 188 Å². The van der Waals surface area contributed by atoms with Crippen LogP contribution in [0.5, 0.6) is 5.75 Å². The first-order chi connectivity index (χ1) is 37.1. The topological polar surface area (TPSA) is 154 Å². The van der Waals surface area contributed by atoms with Crippen molar-refractivity contribution in [3.8, 4) is 17.6 Å². The summed E-state index contributed by atoms with van der Waals surface area (Å²) in [5.74, 6) is 3.48. The number of carbonyl (C=O) groups is 4. The fourth-order valence-corrected chi connectivity index (χ4v) is 12.2. The van der Waals surface area contributed by atoms with Gasteiger partial charge in [0.15, 0.2) is 5.13 Å². The van der Waals surface area contributed by atoms with Gasteiger partial charge < -0.3 is 25.2 Å². The number of anilines is 2. The van der Waals surface area contributed by atoms with E-state index in [-0.39, 0.29) is 24.0 Å². The summed E-state index contributed by atoms with van der Waals surface area (Å²) in [5, 5.41) is 16.2. The minimum Gasteiger partial charge on any atom is -0.491 e. The van der Waals surface area contributed by atoms with Gasteiger partial charge in [-0.2, -0.15) is 0 Å². The average molecular weight is 1030 g/mol. The lowest BCUT2D eigenvalue weighted by atomic mass is 9.65. The van der Waals surface area contributed by atoms with E-state index in [1.165, 1.54) is 11.3 Å². The fraction of sp³-hybridized carbons (Fsp3) is 0.210. The molecule has 2 fully saturated rings. The summed E-state index contributed by atoms with van der Waals surface area (Å²) in [6, 6.07) is 54.0. The van der Waals surface area contributed by atoms with Crippen LogP contribution in [0.4, 0.5) is 15.6 Å². The maximum Gasteiger partial charge on any atom is 0.329 e. The second-order valence-electron chi connectivity index (χ2n) is 19.3. The summed E-state index contributed by atoms with van der Waals surface area (Å²) in [6.45, 7) is 2.74. The van der Waals surface area contributed by atoms with Crippen molar-refractivity contribution >= 4 is 56.2 Å². The summed E-state index contributed by atoms with van der Waals surface area (Å²) < 4.78 is 13.4. The Labute approximate surface area is 444 Å². The molecular weight excluding hydrogens is 973 g/mol. The molecule has 3 aliphatic heterocycles. The molecule has 0 aliphatic carbocycles. The van der Waals surface area contributed by atoms with E-state index >= 15 is 19.2 Å². The summed E-state index contributed by atoms with van der Waals surface area (Å²) in [6.07, 6.45) is -0.919.